The second-order valence-electron chi connectivity index (χ2n) is 6.51. The van der Waals surface area contributed by atoms with Crippen LogP contribution in [0.15, 0.2) is 30.3 Å². The number of carbonyl (C=O) groups is 1. The van der Waals surface area contributed by atoms with Crippen molar-refractivity contribution in [3.63, 3.8) is 0 Å². The van der Waals surface area contributed by atoms with Gasteiger partial charge in [-0.15, -0.1) is 11.3 Å². The minimum absolute atomic E-state index is 0.0246. The molecule has 0 radical (unpaired) electrons. The summed E-state index contributed by atoms with van der Waals surface area (Å²) < 4.78 is 0. The Morgan fingerprint density at radius 1 is 1.30 bits per heavy atom. The van der Waals surface area contributed by atoms with E-state index in [0.29, 0.717) is 11.0 Å². The molecule has 122 valence electrons. The summed E-state index contributed by atoms with van der Waals surface area (Å²) in [7, 11) is 0. The minimum atomic E-state index is 0.0246. The molecule has 3 N–H and O–H groups in total. The molecule has 2 aromatic rings. The molecule has 23 heavy (non-hydrogen) atoms. The zero-order chi connectivity index (χ0) is 16.4. The van der Waals surface area contributed by atoms with Crippen LogP contribution < -0.4 is 11.1 Å². The van der Waals surface area contributed by atoms with Crippen molar-refractivity contribution in [3.05, 3.63) is 35.2 Å². The lowest BCUT2D eigenvalue weighted by atomic mass is 10.1. The van der Waals surface area contributed by atoms with Crippen LogP contribution in [0.5, 0.6) is 0 Å². The highest BCUT2D eigenvalue weighted by molar-refractivity contribution is 7.16. The molecule has 2 atom stereocenters. The summed E-state index contributed by atoms with van der Waals surface area (Å²) in [5.41, 5.74) is 7.98. The summed E-state index contributed by atoms with van der Waals surface area (Å²) in [6.07, 6.45) is 2.59. The molecule has 1 fully saturated rings. The van der Waals surface area contributed by atoms with Crippen molar-refractivity contribution in [1.82, 2.24) is 4.98 Å². The molecule has 0 aliphatic heterocycles. The van der Waals surface area contributed by atoms with E-state index >= 15 is 0 Å². The van der Waals surface area contributed by atoms with Crippen molar-refractivity contribution in [1.29, 1.82) is 0 Å². The standard InChI is InChI=1S/C18H23N3OS/c1-11(2)16-15(12-6-4-3-5-7-12)20-18(23-16)21-17(22)13-8-9-14(19)10-13/h3-7,11,13-14H,8-10,19H2,1-2H3,(H,20,21,22). The SMILES string of the molecule is CC(C)c1sc(NC(=O)C2CCC(N)C2)nc1-c1ccccc1. The normalized spacial score (nSPS) is 20.9. The number of rotatable bonds is 4. The number of benzene rings is 1. The molecule has 1 saturated carbocycles. The molecule has 1 aliphatic carbocycles. The zero-order valence-corrected chi connectivity index (χ0v) is 14.4. The van der Waals surface area contributed by atoms with Gasteiger partial charge in [-0.2, -0.15) is 0 Å². The number of hydrogen-bond acceptors (Lipinski definition) is 4. The number of aromatic nitrogens is 1. The maximum Gasteiger partial charge on any atom is 0.229 e. The van der Waals surface area contributed by atoms with Crippen LogP contribution in [0.4, 0.5) is 5.13 Å². The first-order valence-corrected chi connectivity index (χ1v) is 8.99. The van der Waals surface area contributed by atoms with Crippen LogP contribution in [0, 0.1) is 5.92 Å². The molecular weight excluding hydrogens is 306 g/mol. The van der Waals surface area contributed by atoms with E-state index in [2.05, 4.69) is 36.3 Å². The average molecular weight is 329 g/mol. The van der Waals surface area contributed by atoms with Crippen molar-refractivity contribution in [2.45, 2.75) is 45.1 Å². The Hall–Kier alpha value is -1.72. The van der Waals surface area contributed by atoms with Crippen molar-refractivity contribution in [3.8, 4) is 11.3 Å². The largest absolute Gasteiger partial charge is 0.328 e. The Balaban J connectivity index is 1.82. The molecule has 0 bridgehead atoms. The minimum Gasteiger partial charge on any atom is -0.328 e. The molecule has 1 heterocycles. The number of nitrogens with two attached hydrogens (primary N) is 1. The van der Waals surface area contributed by atoms with Gasteiger partial charge in [0.25, 0.3) is 0 Å². The van der Waals surface area contributed by atoms with Crippen molar-refractivity contribution in [2.24, 2.45) is 11.7 Å². The topological polar surface area (TPSA) is 68.0 Å². The second-order valence-corrected chi connectivity index (χ2v) is 7.54. The average Bonchev–Trinajstić information content (AvgIpc) is 3.15. The van der Waals surface area contributed by atoms with Gasteiger partial charge in [-0.25, -0.2) is 4.98 Å². The highest BCUT2D eigenvalue weighted by atomic mass is 32.1. The summed E-state index contributed by atoms with van der Waals surface area (Å²) in [6, 6.07) is 10.3. The van der Waals surface area contributed by atoms with E-state index in [0.717, 1.165) is 30.5 Å². The number of thiazole rings is 1. The monoisotopic (exact) mass is 329 g/mol. The fraction of sp³-hybridized carbons (Fsp3) is 0.444. The summed E-state index contributed by atoms with van der Waals surface area (Å²) in [5, 5.41) is 3.70. The smallest absolute Gasteiger partial charge is 0.229 e. The summed E-state index contributed by atoms with van der Waals surface area (Å²) in [6.45, 7) is 4.31. The number of hydrogen-bond donors (Lipinski definition) is 2. The van der Waals surface area contributed by atoms with E-state index < -0.39 is 0 Å². The fourth-order valence-corrected chi connectivity index (χ4v) is 4.03. The highest BCUT2D eigenvalue weighted by Crippen LogP contribution is 2.36. The van der Waals surface area contributed by atoms with Crippen LogP contribution >= 0.6 is 11.3 Å². The van der Waals surface area contributed by atoms with Crippen LogP contribution in [-0.4, -0.2) is 16.9 Å². The molecule has 1 aliphatic rings. The molecule has 4 nitrogen and oxygen atoms in total. The third-order valence-corrected chi connectivity index (χ3v) is 5.57. The summed E-state index contributed by atoms with van der Waals surface area (Å²) in [5.74, 6) is 0.450. The number of nitrogens with one attached hydrogen (secondary N) is 1. The van der Waals surface area contributed by atoms with Gasteiger partial charge < -0.3 is 11.1 Å². The Morgan fingerprint density at radius 2 is 2.04 bits per heavy atom. The van der Waals surface area contributed by atoms with Gasteiger partial charge in [-0.05, 0) is 25.2 Å². The molecule has 1 amide bonds. The maximum atomic E-state index is 12.4. The van der Waals surface area contributed by atoms with E-state index in [1.54, 1.807) is 11.3 Å². The fourth-order valence-electron chi connectivity index (χ4n) is 3.04. The lowest BCUT2D eigenvalue weighted by Gasteiger charge is -2.08. The van der Waals surface area contributed by atoms with Gasteiger partial charge in [0.2, 0.25) is 5.91 Å². The van der Waals surface area contributed by atoms with Gasteiger partial charge in [0.1, 0.15) is 0 Å². The first-order chi connectivity index (χ1) is 11.0. The molecular formula is C18H23N3OS. The van der Waals surface area contributed by atoms with E-state index in [-0.39, 0.29) is 17.9 Å². The van der Waals surface area contributed by atoms with E-state index in [1.165, 1.54) is 4.88 Å². The van der Waals surface area contributed by atoms with Gasteiger partial charge in [-0.3, -0.25) is 4.79 Å². The molecule has 2 unspecified atom stereocenters. The van der Waals surface area contributed by atoms with Crippen LogP contribution in [-0.2, 0) is 4.79 Å². The quantitative estimate of drug-likeness (QED) is 0.891. The Bertz CT molecular complexity index is 681. The van der Waals surface area contributed by atoms with Crippen LogP contribution in [0.1, 0.15) is 43.9 Å². The molecule has 5 heteroatoms. The first-order valence-electron chi connectivity index (χ1n) is 8.17. The molecule has 3 rings (SSSR count). The number of nitrogens with zero attached hydrogens (tertiary/aromatic N) is 1. The molecule has 1 aromatic heterocycles. The van der Waals surface area contributed by atoms with Gasteiger partial charge in [0.15, 0.2) is 5.13 Å². The Labute approximate surface area is 141 Å². The molecule has 1 aromatic carbocycles. The lowest BCUT2D eigenvalue weighted by molar-refractivity contribution is -0.119. The molecule has 0 saturated heterocycles. The third kappa shape index (κ3) is 3.62. The number of anilines is 1. The molecule has 0 spiro atoms. The first kappa shape index (κ1) is 16.1. The van der Waals surface area contributed by atoms with Gasteiger partial charge in [0.05, 0.1) is 5.69 Å². The third-order valence-electron chi connectivity index (χ3n) is 4.30. The Kier molecular flexibility index (Phi) is 4.78. The maximum absolute atomic E-state index is 12.4. The van der Waals surface area contributed by atoms with E-state index in [4.69, 9.17) is 5.73 Å². The second kappa shape index (κ2) is 6.81. The highest BCUT2D eigenvalue weighted by Gasteiger charge is 2.28. The van der Waals surface area contributed by atoms with Crippen LogP contribution in [0.25, 0.3) is 11.3 Å². The van der Waals surface area contributed by atoms with Gasteiger partial charge >= 0.3 is 0 Å². The zero-order valence-electron chi connectivity index (χ0n) is 13.6. The lowest BCUT2D eigenvalue weighted by Crippen LogP contribution is -2.23. The predicted octanol–water partition coefficient (Wildman–Crippen LogP) is 4.00. The number of amides is 1. The predicted molar refractivity (Wildman–Crippen MR) is 95.6 cm³/mol. The van der Waals surface area contributed by atoms with Gasteiger partial charge in [0, 0.05) is 22.4 Å². The summed E-state index contributed by atoms with van der Waals surface area (Å²) in [4.78, 5) is 18.3. The van der Waals surface area contributed by atoms with Crippen molar-refractivity contribution in [2.75, 3.05) is 5.32 Å². The van der Waals surface area contributed by atoms with Crippen LogP contribution in [0.2, 0.25) is 0 Å². The van der Waals surface area contributed by atoms with Crippen molar-refractivity contribution < 1.29 is 4.79 Å². The Morgan fingerprint density at radius 3 is 2.65 bits per heavy atom. The number of carbonyl (C=O) groups excluding carboxylic acids is 1. The van der Waals surface area contributed by atoms with Crippen molar-refractivity contribution >= 4 is 22.4 Å². The van der Waals surface area contributed by atoms with Gasteiger partial charge in [-0.1, -0.05) is 44.2 Å². The van der Waals surface area contributed by atoms with E-state index in [1.807, 2.05) is 18.2 Å². The van der Waals surface area contributed by atoms with E-state index in [9.17, 15) is 4.79 Å². The van der Waals surface area contributed by atoms with Crippen LogP contribution in [0.3, 0.4) is 0 Å². The summed E-state index contributed by atoms with van der Waals surface area (Å²) >= 11 is 1.58.